The number of methoxy groups -OCH3 is 1. The van der Waals surface area contributed by atoms with Crippen LogP contribution in [0.25, 0.3) is 0 Å². The van der Waals surface area contributed by atoms with Crippen LogP contribution in [0.1, 0.15) is 57.4 Å². The second-order valence-electron chi connectivity index (χ2n) is 9.87. The fourth-order valence-corrected chi connectivity index (χ4v) is 6.17. The lowest BCUT2D eigenvalue weighted by molar-refractivity contribution is -0.136. The minimum Gasteiger partial charge on any atom is -0.495 e. The summed E-state index contributed by atoms with van der Waals surface area (Å²) in [6, 6.07) is 5.28. The molecule has 0 atom stereocenters. The van der Waals surface area contributed by atoms with Gasteiger partial charge in [-0.15, -0.1) is 0 Å². The van der Waals surface area contributed by atoms with E-state index in [4.69, 9.17) is 4.74 Å². The molecule has 0 saturated heterocycles. The summed E-state index contributed by atoms with van der Waals surface area (Å²) in [5, 5.41) is 9.76. The number of hydrogen-bond donors (Lipinski definition) is 3. The standard InChI is InChI=1S/C24H32N4O4/c1-14-4-5-20(32-3)19(6-14)25-22(30)23(31)28-27-15(2)7-21(29)26-24-11-16-8-17(12-24)10-18(9-16)13-24/h4-6,16-18H,7-13H2,1-3H3,(H,25,30)(H,26,29)(H,28,31). The lowest BCUT2D eigenvalue weighted by atomic mass is 9.53. The van der Waals surface area contributed by atoms with Gasteiger partial charge in [-0.2, -0.15) is 5.10 Å². The molecular formula is C24H32N4O4. The van der Waals surface area contributed by atoms with Gasteiger partial charge in [-0.1, -0.05) is 6.07 Å². The first kappa shape index (κ1) is 22.3. The molecule has 3 N–H and O–H groups in total. The Labute approximate surface area is 188 Å². The number of aryl methyl sites for hydroxylation is 1. The largest absolute Gasteiger partial charge is 0.495 e. The molecule has 0 heterocycles. The van der Waals surface area contributed by atoms with Gasteiger partial charge < -0.3 is 15.4 Å². The number of nitrogens with zero attached hydrogens (tertiary/aromatic N) is 1. The Balaban J connectivity index is 1.28. The summed E-state index contributed by atoms with van der Waals surface area (Å²) >= 11 is 0. The molecule has 4 bridgehead atoms. The summed E-state index contributed by atoms with van der Waals surface area (Å²) in [6.45, 7) is 3.54. The van der Waals surface area contributed by atoms with Crippen molar-refractivity contribution in [3.8, 4) is 5.75 Å². The van der Waals surface area contributed by atoms with Crippen LogP contribution in [0, 0.1) is 24.7 Å². The molecule has 1 aromatic rings. The molecule has 4 aliphatic carbocycles. The first-order valence-corrected chi connectivity index (χ1v) is 11.4. The molecule has 32 heavy (non-hydrogen) atoms. The fourth-order valence-electron chi connectivity index (χ4n) is 6.17. The maximum Gasteiger partial charge on any atom is 0.329 e. The van der Waals surface area contributed by atoms with Crippen molar-refractivity contribution in [3.05, 3.63) is 23.8 Å². The smallest absolute Gasteiger partial charge is 0.329 e. The summed E-state index contributed by atoms with van der Waals surface area (Å²) in [7, 11) is 1.49. The quantitative estimate of drug-likeness (QED) is 0.359. The maximum absolute atomic E-state index is 12.7. The van der Waals surface area contributed by atoms with Crippen molar-refractivity contribution in [1.29, 1.82) is 0 Å². The summed E-state index contributed by atoms with van der Waals surface area (Å²) in [5.74, 6) is 0.871. The minimum atomic E-state index is -0.908. The van der Waals surface area contributed by atoms with Gasteiger partial charge >= 0.3 is 11.8 Å². The number of benzene rings is 1. The summed E-state index contributed by atoms with van der Waals surface area (Å²) < 4.78 is 5.20. The first-order chi connectivity index (χ1) is 15.2. The molecule has 0 aromatic heterocycles. The third-order valence-electron chi connectivity index (χ3n) is 7.02. The number of rotatable bonds is 6. The van der Waals surface area contributed by atoms with E-state index in [2.05, 4.69) is 21.2 Å². The van der Waals surface area contributed by atoms with Crippen molar-refractivity contribution in [2.24, 2.45) is 22.9 Å². The predicted molar refractivity (Wildman–Crippen MR) is 121 cm³/mol. The monoisotopic (exact) mass is 440 g/mol. The van der Waals surface area contributed by atoms with Gasteiger partial charge in [0.2, 0.25) is 5.91 Å². The Hall–Kier alpha value is -2.90. The normalized spacial score (nSPS) is 28.2. The van der Waals surface area contributed by atoms with Crippen LogP contribution >= 0.6 is 0 Å². The van der Waals surface area contributed by atoms with E-state index < -0.39 is 11.8 Å². The SMILES string of the molecule is COc1ccc(C)cc1NC(=O)C(=O)NN=C(C)CC(=O)NC12CC3CC(CC(C3)C1)C2. The first-order valence-electron chi connectivity index (χ1n) is 11.4. The summed E-state index contributed by atoms with van der Waals surface area (Å²) in [6.07, 6.45) is 7.30. The van der Waals surface area contributed by atoms with E-state index in [9.17, 15) is 14.4 Å². The molecule has 5 rings (SSSR count). The number of nitrogens with one attached hydrogen (secondary N) is 3. The molecule has 0 unspecified atom stereocenters. The average molecular weight is 441 g/mol. The predicted octanol–water partition coefficient (Wildman–Crippen LogP) is 2.91. The highest BCUT2D eigenvalue weighted by molar-refractivity contribution is 6.39. The zero-order chi connectivity index (χ0) is 22.9. The number of hydrogen-bond acceptors (Lipinski definition) is 5. The molecule has 3 amide bonds. The Kier molecular flexibility index (Phi) is 6.22. The highest BCUT2D eigenvalue weighted by atomic mass is 16.5. The molecule has 4 aliphatic rings. The van der Waals surface area contributed by atoms with E-state index in [1.807, 2.05) is 13.0 Å². The summed E-state index contributed by atoms with van der Waals surface area (Å²) in [5.41, 5.74) is 3.95. The lowest BCUT2D eigenvalue weighted by Gasteiger charge is -2.56. The Bertz CT molecular complexity index is 920. The molecule has 4 fully saturated rings. The van der Waals surface area contributed by atoms with E-state index in [1.165, 1.54) is 26.4 Å². The number of amides is 3. The van der Waals surface area contributed by atoms with Crippen LogP contribution in [-0.2, 0) is 14.4 Å². The van der Waals surface area contributed by atoms with Crippen LogP contribution in [0.5, 0.6) is 5.75 Å². The topological polar surface area (TPSA) is 109 Å². The van der Waals surface area contributed by atoms with Gasteiger partial charge in [0, 0.05) is 11.3 Å². The fraction of sp³-hybridized carbons (Fsp3) is 0.583. The van der Waals surface area contributed by atoms with Crippen LogP contribution in [0.3, 0.4) is 0 Å². The molecule has 0 radical (unpaired) electrons. The highest BCUT2D eigenvalue weighted by Gasteiger charge is 2.51. The van der Waals surface area contributed by atoms with Crippen molar-refractivity contribution < 1.29 is 19.1 Å². The molecule has 8 heteroatoms. The number of hydrazone groups is 1. The maximum atomic E-state index is 12.7. The molecule has 8 nitrogen and oxygen atoms in total. The molecule has 0 spiro atoms. The van der Waals surface area contributed by atoms with Gasteiger partial charge in [0.1, 0.15) is 5.75 Å². The van der Waals surface area contributed by atoms with Gasteiger partial charge in [-0.3, -0.25) is 14.4 Å². The second kappa shape index (κ2) is 8.92. The number of ether oxygens (including phenoxy) is 1. The van der Waals surface area contributed by atoms with Crippen LogP contribution in [0.15, 0.2) is 23.3 Å². The van der Waals surface area contributed by atoms with Crippen LogP contribution in [-0.4, -0.2) is 36.1 Å². The molecule has 172 valence electrons. The molecule has 1 aromatic carbocycles. The van der Waals surface area contributed by atoms with Crippen molar-refractivity contribution in [2.75, 3.05) is 12.4 Å². The molecular weight excluding hydrogens is 408 g/mol. The van der Waals surface area contributed by atoms with E-state index >= 15 is 0 Å². The van der Waals surface area contributed by atoms with Crippen LogP contribution in [0.2, 0.25) is 0 Å². The molecule has 4 saturated carbocycles. The van der Waals surface area contributed by atoms with E-state index in [-0.39, 0.29) is 17.9 Å². The third-order valence-corrected chi connectivity index (χ3v) is 7.02. The van der Waals surface area contributed by atoms with Crippen LogP contribution < -0.4 is 20.8 Å². The third kappa shape index (κ3) is 4.95. The van der Waals surface area contributed by atoms with E-state index in [1.54, 1.807) is 19.1 Å². The van der Waals surface area contributed by atoms with Gasteiger partial charge in [0.25, 0.3) is 0 Å². The summed E-state index contributed by atoms with van der Waals surface area (Å²) in [4.78, 5) is 37.0. The highest BCUT2D eigenvalue weighted by Crippen LogP contribution is 2.55. The van der Waals surface area contributed by atoms with Gasteiger partial charge in [-0.05, 0) is 87.8 Å². The Morgan fingerprint density at radius 2 is 1.69 bits per heavy atom. The van der Waals surface area contributed by atoms with Crippen molar-refractivity contribution >= 4 is 29.1 Å². The zero-order valence-corrected chi connectivity index (χ0v) is 19.0. The van der Waals surface area contributed by atoms with Gasteiger partial charge in [0.05, 0.1) is 19.2 Å². The van der Waals surface area contributed by atoms with Crippen molar-refractivity contribution in [1.82, 2.24) is 10.7 Å². The van der Waals surface area contributed by atoms with Gasteiger partial charge in [0.15, 0.2) is 0 Å². The Morgan fingerprint density at radius 3 is 2.28 bits per heavy atom. The van der Waals surface area contributed by atoms with Gasteiger partial charge in [-0.25, -0.2) is 5.43 Å². The lowest BCUT2D eigenvalue weighted by Crippen LogP contribution is -2.60. The number of carbonyl (C=O) groups is 3. The number of carbonyl (C=O) groups excluding carboxylic acids is 3. The average Bonchev–Trinajstić information content (AvgIpc) is 2.70. The Morgan fingerprint density at radius 1 is 1.06 bits per heavy atom. The van der Waals surface area contributed by atoms with Crippen molar-refractivity contribution in [2.45, 2.75) is 64.3 Å². The molecule has 0 aliphatic heterocycles. The number of anilines is 1. The van der Waals surface area contributed by atoms with Crippen LogP contribution in [0.4, 0.5) is 5.69 Å². The van der Waals surface area contributed by atoms with Crippen molar-refractivity contribution in [3.63, 3.8) is 0 Å². The van der Waals surface area contributed by atoms with E-state index in [0.29, 0.717) is 17.1 Å². The van der Waals surface area contributed by atoms with E-state index in [0.717, 1.165) is 42.6 Å². The zero-order valence-electron chi connectivity index (χ0n) is 19.0. The second-order valence-corrected chi connectivity index (χ2v) is 9.87. The minimum absolute atomic E-state index is 0.0535.